The molecule has 14 heteroatoms. The Kier molecular flexibility index (Phi) is 12.6. The van der Waals surface area contributed by atoms with Crippen LogP contribution in [0.1, 0.15) is 22.3 Å². The number of nitrogens with zero attached hydrogens (tertiary/aromatic N) is 4. The van der Waals surface area contributed by atoms with Crippen molar-refractivity contribution in [1.82, 2.24) is 19.6 Å². The maximum Gasteiger partial charge on any atom is 0.698 e. The number of amides is 2. The van der Waals surface area contributed by atoms with E-state index in [4.69, 9.17) is 32.2 Å². The molecular formula is C40H34Cl2N6O5P+. The predicted octanol–water partition coefficient (Wildman–Crippen LogP) is 9.49. The first-order valence-corrected chi connectivity index (χ1v) is 18.4. The van der Waals surface area contributed by atoms with E-state index in [9.17, 15) is 14.2 Å². The zero-order valence-electron chi connectivity index (χ0n) is 29.1. The van der Waals surface area contributed by atoms with Gasteiger partial charge in [0.15, 0.2) is 0 Å². The Morgan fingerprint density at radius 2 is 1.07 bits per heavy atom. The molecule has 0 spiro atoms. The topological polar surface area (TPSA) is 129 Å². The summed E-state index contributed by atoms with van der Waals surface area (Å²) in [6, 6.07) is 28.8. The van der Waals surface area contributed by atoms with Gasteiger partial charge in [0, 0.05) is 74.5 Å². The summed E-state index contributed by atoms with van der Waals surface area (Å²) in [5, 5.41) is 15.5. The lowest BCUT2D eigenvalue weighted by Gasteiger charge is -2.05. The van der Waals surface area contributed by atoms with Crippen molar-refractivity contribution >= 4 is 66.8 Å². The lowest BCUT2D eigenvalue weighted by Crippen LogP contribution is -2.07. The highest BCUT2D eigenvalue weighted by Gasteiger charge is 2.21. The molecule has 0 aliphatic carbocycles. The van der Waals surface area contributed by atoms with Crippen molar-refractivity contribution in [3.63, 3.8) is 0 Å². The molecule has 2 amide bonds. The SMILES string of the molecule is Cn1ncc(/C=C/C(=O)Nc2ccc(CO[P+](=O)OCc3ccc(NC(=O)/C=C/c4cnn(C)c4-c4cccc(Cl)c4)cc3)cc2)c1-c1cccc(Cl)c1. The van der Waals surface area contributed by atoms with Gasteiger partial charge in [0.1, 0.15) is 13.2 Å². The molecule has 0 radical (unpaired) electrons. The van der Waals surface area contributed by atoms with Crippen molar-refractivity contribution in [3.05, 3.63) is 154 Å². The fourth-order valence-corrected chi connectivity index (χ4v) is 6.45. The number of benzene rings is 4. The van der Waals surface area contributed by atoms with Crippen molar-refractivity contribution in [2.75, 3.05) is 10.6 Å². The van der Waals surface area contributed by atoms with E-state index in [1.165, 1.54) is 12.2 Å². The van der Waals surface area contributed by atoms with Crippen LogP contribution in [-0.4, -0.2) is 31.4 Å². The third-order valence-electron chi connectivity index (χ3n) is 8.07. The molecule has 54 heavy (non-hydrogen) atoms. The Labute approximate surface area is 322 Å². The fourth-order valence-electron chi connectivity index (χ4n) is 5.49. The quantitative estimate of drug-likeness (QED) is 0.0832. The molecule has 0 atom stereocenters. The number of hydrogen-bond acceptors (Lipinski definition) is 7. The van der Waals surface area contributed by atoms with E-state index in [1.807, 2.05) is 50.5 Å². The lowest BCUT2D eigenvalue weighted by atomic mass is 10.1. The molecule has 0 fully saturated rings. The number of aromatic nitrogens is 4. The molecular weight excluding hydrogens is 746 g/mol. The second kappa shape index (κ2) is 17.9. The van der Waals surface area contributed by atoms with Crippen molar-refractivity contribution in [3.8, 4) is 22.5 Å². The van der Waals surface area contributed by atoms with Crippen LogP contribution in [0.4, 0.5) is 11.4 Å². The molecule has 0 saturated carbocycles. The summed E-state index contributed by atoms with van der Waals surface area (Å²) in [5.41, 5.74) is 7.66. The van der Waals surface area contributed by atoms with Crippen molar-refractivity contribution < 1.29 is 23.2 Å². The van der Waals surface area contributed by atoms with E-state index in [2.05, 4.69) is 20.8 Å². The number of aryl methyl sites for hydroxylation is 2. The van der Waals surface area contributed by atoms with Crippen LogP contribution in [0.3, 0.4) is 0 Å². The van der Waals surface area contributed by atoms with Crippen molar-refractivity contribution in [1.29, 1.82) is 0 Å². The smallest absolute Gasteiger partial charge is 0.323 e. The van der Waals surface area contributed by atoms with Crippen LogP contribution in [0, 0.1) is 0 Å². The minimum Gasteiger partial charge on any atom is -0.323 e. The molecule has 272 valence electrons. The average molecular weight is 781 g/mol. The molecule has 2 N–H and O–H groups in total. The normalized spacial score (nSPS) is 11.3. The third kappa shape index (κ3) is 10.3. The van der Waals surface area contributed by atoms with Gasteiger partial charge in [0.05, 0.1) is 23.8 Å². The van der Waals surface area contributed by atoms with E-state index in [1.54, 1.807) is 94.6 Å². The van der Waals surface area contributed by atoms with Crippen LogP contribution in [-0.2, 0) is 50.5 Å². The number of hydrogen-bond donors (Lipinski definition) is 2. The van der Waals surface area contributed by atoms with Crippen LogP contribution < -0.4 is 10.6 Å². The number of carbonyl (C=O) groups is 2. The maximum atomic E-state index is 12.6. The van der Waals surface area contributed by atoms with Crippen LogP contribution >= 0.6 is 31.5 Å². The second-order valence-electron chi connectivity index (χ2n) is 12.0. The van der Waals surface area contributed by atoms with Gasteiger partial charge in [0.25, 0.3) is 0 Å². The van der Waals surface area contributed by atoms with E-state index < -0.39 is 8.25 Å². The van der Waals surface area contributed by atoms with Crippen LogP contribution in [0.2, 0.25) is 10.0 Å². The molecule has 0 unspecified atom stereocenters. The molecule has 11 nitrogen and oxygen atoms in total. The summed E-state index contributed by atoms with van der Waals surface area (Å²) in [6.07, 6.45) is 9.65. The first-order chi connectivity index (χ1) is 26.1. The van der Waals surface area contributed by atoms with Crippen molar-refractivity contribution in [2.45, 2.75) is 13.2 Å². The van der Waals surface area contributed by atoms with Gasteiger partial charge >= 0.3 is 8.25 Å². The zero-order valence-corrected chi connectivity index (χ0v) is 31.6. The van der Waals surface area contributed by atoms with Crippen LogP contribution in [0.15, 0.2) is 122 Å². The Hall–Kier alpha value is -5.68. The predicted molar refractivity (Wildman–Crippen MR) is 213 cm³/mol. The summed E-state index contributed by atoms with van der Waals surface area (Å²) in [6.45, 7) is 0.101. The van der Waals surface area contributed by atoms with Gasteiger partial charge < -0.3 is 10.6 Å². The van der Waals surface area contributed by atoms with Gasteiger partial charge in [-0.3, -0.25) is 19.0 Å². The van der Waals surface area contributed by atoms with Crippen molar-refractivity contribution in [2.24, 2.45) is 14.1 Å². The van der Waals surface area contributed by atoms with E-state index in [0.29, 0.717) is 21.4 Å². The highest BCUT2D eigenvalue weighted by Crippen LogP contribution is 2.30. The molecule has 6 rings (SSSR count). The maximum absolute atomic E-state index is 12.6. The number of nitrogens with one attached hydrogen (secondary N) is 2. The van der Waals surface area contributed by atoms with Gasteiger partial charge in [-0.05, 0) is 71.8 Å². The summed E-state index contributed by atoms with van der Waals surface area (Å²) < 4.78 is 26.7. The molecule has 0 aliphatic rings. The molecule has 0 saturated heterocycles. The minimum absolute atomic E-state index is 0.0503. The summed E-state index contributed by atoms with van der Waals surface area (Å²) in [5.74, 6) is -0.623. The Balaban J connectivity index is 0.925. The molecule has 0 bridgehead atoms. The molecule has 2 heterocycles. The van der Waals surface area contributed by atoms with Crippen LogP contribution in [0.25, 0.3) is 34.7 Å². The average Bonchev–Trinajstić information content (AvgIpc) is 3.73. The lowest BCUT2D eigenvalue weighted by molar-refractivity contribution is -0.112. The largest absolute Gasteiger partial charge is 0.698 e. The zero-order chi connectivity index (χ0) is 38.0. The highest BCUT2D eigenvalue weighted by molar-refractivity contribution is 7.33. The molecule has 2 aromatic heterocycles. The molecule has 4 aromatic carbocycles. The minimum atomic E-state index is -2.40. The van der Waals surface area contributed by atoms with Gasteiger partial charge in [-0.25, -0.2) is 0 Å². The molecule has 0 aliphatic heterocycles. The van der Waals surface area contributed by atoms with Crippen LogP contribution in [0.5, 0.6) is 0 Å². The van der Waals surface area contributed by atoms with Gasteiger partial charge in [0.2, 0.25) is 11.8 Å². The Morgan fingerprint density at radius 3 is 1.46 bits per heavy atom. The van der Waals surface area contributed by atoms with E-state index in [0.717, 1.165) is 44.8 Å². The monoisotopic (exact) mass is 779 g/mol. The first kappa shape index (κ1) is 38.1. The Bertz CT molecular complexity index is 2190. The van der Waals surface area contributed by atoms with E-state index >= 15 is 0 Å². The number of anilines is 2. The summed E-state index contributed by atoms with van der Waals surface area (Å²) >= 11 is 12.3. The summed E-state index contributed by atoms with van der Waals surface area (Å²) in [7, 11) is 1.25. The number of halogens is 2. The standard InChI is InChI=1S/C40H33Cl2N6O5P/c1-47-39(29-5-3-7-33(41)21-29)31(23-43-47)13-19-37(49)45-35-15-9-27(10-16-35)25-52-54(51)53-26-28-11-17-36(18-12-28)46-38(50)20-14-32-24-44-48(2)40(32)30-6-4-8-34(42)22-30/h3-24H,25-26H2,1-2H3,(H-,45,46,49,50)/p+1/b19-13+,20-14+. The fraction of sp³-hybridized carbons (Fsp3) is 0.100. The van der Waals surface area contributed by atoms with Gasteiger partial charge in [-0.2, -0.15) is 10.2 Å². The highest BCUT2D eigenvalue weighted by atomic mass is 35.5. The Morgan fingerprint density at radius 1 is 0.667 bits per heavy atom. The van der Waals surface area contributed by atoms with Gasteiger partial charge in [-0.1, -0.05) is 71.7 Å². The number of rotatable bonds is 14. The number of carbonyl (C=O) groups excluding carboxylic acids is 2. The van der Waals surface area contributed by atoms with E-state index in [-0.39, 0.29) is 25.0 Å². The second-order valence-corrected chi connectivity index (χ2v) is 13.8. The summed E-state index contributed by atoms with van der Waals surface area (Å²) in [4.78, 5) is 25.3. The third-order valence-corrected chi connectivity index (χ3v) is 9.23. The van der Waals surface area contributed by atoms with Gasteiger partial charge in [-0.15, -0.1) is 9.05 Å². The first-order valence-electron chi connectivity index (χ1n) is 16.6. The molecule has 6 aromatic rings.